The Hall–Kier alpha value is -1.53. The summed E-state index contributed by atoms with van der Waals surface area (Å²) in [5.41, 5.74) is 0.167. The molecule has 0 saturated carbocycles. The second-order valence-electron chi connectivity index (χ2n) is 2.96. The highest BCUT2D eigenvalue weighted by Crippen LogP contribution is 2.29. The standard InChI is InChI=1S/C9H9F4NO2/c1-5-3-6(4-10)8(14-7(5)15-2)16-9(11,12)13/h3H,4H2,1-2H3. The van der Waals surface area contributed by atoms with Crippen LogP contribution in [-0.4, -0.2) is 18.5 Å². The van der Waals surface area contributed by atoms with Crippen molar-refractivity contribution in [2.24, 2.45) is 0 Å². The second-order valence-corrected chi connectivity index (χ2v) is 2.96. The van der Waals surface area contributed by atoms with E-state index < -0.39 is 18.9 Å². The molecule has 0 N–H and O–H groups in total. The van der Waals surface area contributed by atoms with Crippen molar-refractivity contribution in [2.45, 2.75) is 20.0 Å². The Bertz CT molecular complexity index is 379. The number of halogens is 4. The lowest BCUT2D eigenvalue weighted by molar-refractivity contribution is -0.276. The molecule has 0 atom stereocenters. The molecule has 90 valence electrons. The molecule has 0 aliphatic heterocycles. The van der Waals surface area contributed by atoms with Crippen molar-refractivity contribution in [3.8, 4) is 11.8 Å². The molecule has 0 aliphatic carbocycles. The quantitative estimate of drug-likeness (QED) is 0.760. The van der Waals surface area contributed by atoms with Gasteiger partial charge < -0.3 is 9.47 Å². The van der Waals surface area contributed by atoms with Gasteiger partial charge in [-0.3, -0.25) is 0 Å². The summed E-state index contributed by atoms with van der Waals surface area (Å²) in [5.74, 6) is -0.853. The Kier molecular flexibility index (Phi) is 3.56. The van der Waals surface area contributed by atoms with Crippen LogP contribution in [0.5, 0.6) is 11.8 Å². The third kappa shape index (κ3) is 2.98. The molecule has 0 bridgehead atoms. The number of pyridine rings is 1. The van der Waals surface area contributed by atoms with Crippen LogP contribution in [0.2, 0.25) is 0 Å². The third-order valence-electron chi connectivity index (χ3n) is 1.76. The molecule has 1 aromatic rings. The van der Waals surface area contributed by atoms with E-state index >= 15 is 0 Å². The Morgan fingerprint density at radius 1 is 1.31 bits per heavy atom. The number of alkyl halides is 4. The van der Waals surface area contributed by atoms with E-state index in [1.165, 1.54) is 13.2 Å². The highest BCUT2D eigenvalue weighted by Gasteiger charge is 2.33. The molecule has 0 aliphatic rings. The first-order valence-electron chi connectivity index (χ1n) is 4.23. The molecule has 0 spiro atoms. The number of methoxy groups -OCH3 is 1. The molecular formula is C9H9F4NO2. The van der Waals surface area contributed by atoms with Gasteiger partial charge >= 0.3 is 6.36 Å². The van der Waals surface area contributed by atoms with Gasteiger partial charge in [0, 0.05) is 11.1 Å². The molecule has 0 aromatic carbocycles. The number of rotatable bonds is 3. The van der Waals surface area contributed by atoms with Crippen LogP contribution in [0.15, 0.2) is 6.07 Å². The molecule has 0 saturated heterocycles. The maximum Gasteiger partial charge on any atom is 0.574 e. The van der Waals surface area contributed by atoms with Gasteiger partial charge in [-0.2, -0.15) is 4.98 Å². The van der Waals surface area contributed by atoms with Gasteiger partial charge in [0.2, 0.25) is 11.8 Å². The minimum atomic E-state index is -4.91. The zero-order valence-corrected chi connectivity index (χ0v) is 8.56. The fourth-order valence-corrected chi connectivity index (χ4v) is 1.14. The number of aryl methyl sites for hydroxylation is 1. The fourth-order valence-electron chi connectivity index (χ4n) is 1.14. The molecule has 16 heavy (non-hydrogen) atoms. The lowest BCUT2D eigenvalue weighted by Crippen LogP contribution is -2.19. The smallest absolute Gasteiger partial charge is 0.481 e. The van der Waals surface area contributed by atoms with Crippen LogP contribution >= 0.6 is 0 Å². The van der Waals surface area contributed by atoms with E-state index in [9.17, 15) is 17.6 Å². The molecule has 0 fully saturated rings. The van der Waals surface area contributed by atoms with Crippen LogP contribution in [0.4, 0.5) is 17.6 Å². The summed E-state index contributed by atoms with van der Waals surface area (Å²) in [4.78, 5) is 3.44. The second kappa shape index (κ2) is 4.54. The molecule has 0 unspecified atom stereocenters. The monoisotopic (exact) mass is 239 g/mol. The maximum atomic E-state index is 12.4. The Morgan fingerprint density at radius 2 is 1.94 bits per heavy atom. The highest BCUT2D eigenvalue weighted by molar-refractivity contribution is 5.36. The molecule has 1 rings (SSSR count). The molecule has 1 heterocycles. The average Bonchev–Trinajstić information content (AvgIpc) is 2.18. The Labute approximate surface area is 89.0 Å². The number of ether oxygens (including phenoxy) is 2. The van der Waals surface area contributed by atoms with E-state index in [2.05, 4.69) is 9.72 Å². The molecule has 7 heteroatoms. The van der Waals surface area contributed by atoms with E-state index in [0.29, 0.717) is 5.56 Å². The van der Waals surface area contributed by atoms with Crippen LogP contribution in [-0.2, 0) is 6.67 Å². The summed E-state index contributed by atoms with van der Waals surface area (Å²) in [6, 6.07) is 1.20. The van der Waals surface area contributed by atoms with Crippen molar-refractivity contribution in [2.75, 3.05) is 7.11 Å². The van der Waals surface area contributed by atoms with Gasteiger partial charge in [-0.15, -0.1) is 13.2 Å². The predicted molar refractivity (Wildman–Crippen MR) is 47.0 cm³/mol. The molecule has 3 nitrogen and oxygen atoms in total. The van der Waals surface area contributed by atoms with Crippen LogP contribution < -0.4 is 9.47 Å². The summed E-state index contributed by atoms with van der Waals surface area (Å²) >= 11 is 0. The van der Waals surface area contributed by atoms with Gasteiger partial charge in [0.1, 0.15) is 6.67 Å². The highest BCUT2D eigenvalue weighted by atomic mass is 19.4. The largest absolute Gasteiger partial charge is 0.574 e. The zero-order chi connectivity index (χ0) is 12.3. The van der Waals surface area contributed by atoms with Crippen LogP contribution in [0.25, 0.3) is 0 Å². The van der Waals surface area contributed by atoms with Gasteiger partial charge in [0.05, 0.1) is 7.11 Å². The normalized spacial score (nSPS) is 11.4. The van der Waals surface area contributed by atoms with Crippen molar-refractivity contribution in [1.82, 2.24) is 4.98 Å². The number of aromatic nitrogens is 1. The van der Waals surface area contributed by atoms with Gasteiger partial charge in [0.15, 0.2) is 0 Å². The molecule has 1 aromatic heterocycles. The van der Waals surface area contributed by atoms with E-state index in [0.717, 1.165) is 0 Å². The first-order valence-corrected chi connectivity index (χ1v) is 4.23. The predicted octanol–water partition coefficient (Wildman–Crippen LogP) is 2.77. The van der Waals surface area contributed by atoms with Gasteiger partial charge in [-0.25, -0.2) is 4.39 Å². The van der Waals surface area contributed by atoms with Crippen LogP contribution in [0.3, 0.4) is 0 Å². The zero-order valence-electron chi connectivity index (χ0n) is 8.56. The van der Waals surface area contributed by atoms with Crippen molar-refractivity contribution < 1.29 is 27.0 Å². The lowest BCUT2D eigenvalue weighted by Gasteiger charge is -2.13. The van der Waals surface area contributed by atoms with E-state index in [4.69, 9.17) is 4.74 Å². The van der Waals surface area contributed by atoms with E-state index in [1.807, 2.05) is 0 Å². The number of hydrogen-bond donors (Lipinski definition) is 0. The maximum absolute atomic E-state index is 12.4. The molecule has 0 radical (unpaired) electrons. The topological polar surface area (TPSA) is 31.4 Å². The molecular weight excluding hydrogens is 230 g/mol. The number of hydrogen-bond acceptors (Lipinski definition) is 3. The van der Waals surface area contributed by atoms with Gasteiger partial charge in [0.25, 0.3) is 0 Å². The van der Waals surface area contributed by atoms with E-state index in [-0.39, 0.29) is 11.4 Å². The summed E-state index contributed by atoms with van der Waals surface area (Å²) in [7, 11) is 1.25. The SMILES string of the molecule is COc1nc(OC(F)(F)F)c(CF)cc1C. The lowest BCUT2D eigenvalue weighted by atomic mass is 10.2. The van der Waals surface area contributed by atoms with Crippen LogP contribution in [0.1, 0.15) is 11.1 Å². The summed E-state index contributed by atoms with van der Waals surface area (Å²) in [6.07, 6.45) is -4.91. The molecule has 0 amide bonds. The first kappa shape index (κ1) is 12.5. The summed E-state index contributed by atoms with van der Waals surface area (Å²) in [6.45, 7) is 0.450. The summed E-state index contributed by atoms with van der Waals surface area (Å²) < 4.78 is 56.7. The average molecular weight is 239 g/mol. The van der Waals surface area contributed by atoms with Crippen molar-refractivity contribution >= 4 is 0 Å². The Morgan fingerprint density at radius 3 is 2.38 bits per heavy atom. The van der Waals surface area contributed by atoms with Gasteiger partial charge in [-0.05, 0) is 13.0 Å². The minimum absolute atomic E-state index is 0.0311. The Balaban J connectivity index is 3.15. The summed E-state index contributed by atoms with van der Waals surface area (Å²) in [5, 5.41) is 0. The van der Waals surface area contributed by atoms with Crippen LogP contribution in [0, 0.1) is 6.92 Å². The first-order chi connectivity index (χ1) is 7.37. The third-order valence-corrected chi connectivity index (χ3v) is 1.76. The van der Waals surface area contributed by atoms with Gasteiger partial charge in [-0.1, -0.05) is 0 Å². The number of nitrogens with zero attached hydrogens (tertiary/aromatic N) is 1. The minimum Gasteiger partial charge on any atom is -0.481 e. The van der Waals surface area contributed by atoms with E-state index in [1.54, 1.807) is 6.92 Å². The van der Waals surface area contributed by atoms with Crippen molar-refractivity contribution in [3.05, 3.63) is 17.2 Å². The fraction of sp³-hybridized carbons (Fsp3) is 0.444. The van der Waals surface area contributed by atoms with Crippen molar-refractivity contribution in [1.29, 1.82) is 0 Å². The van der Waals surface area contributed by atoms with Crippen molar-refractivity contribution in [3.63, 3.8) is 0 Å².